The second-order valence-corrected chi connectivity index (χ2v) is 7.17. The molecule has 0 amide bonds. The normalized spacial score (nSPS) is 22.6. The van der Waals surface area contributed by atoms with E-state index in [-0.39, 0.29) is 0 Å². The lowest BCUT2D eigenvalue weighted by atomic mass is 10.0. The maximum absolute atomic E-state index is 12.3. The smallest absolute Gasteiger partial charge is 0.167 e. The molecule has 110 valence electrons. The molecule has 21 heavy (non-hydrogen) atoms. The van der Waals surface area contributed by atoms with Gasteiger partial charge in [0.1, 0.15) is 22.0 Å². The van der Waals surface area contributed by atoms with Crippen molar-refractivity contribution in [2.75, 3.05) is 14.2 Å². The zero-order valence-electron chi connectivity index (χ0n) is 11.8. The number of hydrogen-bond donors (Lipinski definition) is 0. The SMILES string of the molecule is COc1ccc(C2C(c3ccc(OC)cc3)S2(=O)=O)cc1. The molecular weight excluding hydrogens is 288 g/mol. The van der Waals surface area contributed by atoms with Gasteiger partial charge >= 0.3 is 0 Å². The number of hydrogen-bond acceptors (Lipinski definition) is 4. The molecule has 2 atom stereocenters. The Bertz CT molecular complexity index is 673. The minimum Gasteiger partial charge on any atom is -0.497 e. The Morgan fingerprint density at radius 2 is 1.05 bits per heavy atom. The van der Waals surface area contributed by atoms with Gasteiger partial charge in [0.05, 0.1) is 14.2 Å². The van der Waals surface area contributed by atoms with E-state index < -0.39 is 20.3 Å². The molecule has 3 rings (SSSR count). The standard InChI is InChI=1S/C16H16O4S/c1-19-13-7-3-11(4-8-13)15-16(21(15,17)18)12-5-9-14(20-2)10-6-12/h3-10,15-16H,1-2H3. The van der Waals surface area contributed by atoms with E-state index in [1.165, 1.54) is 0 Å². The molecule has 1 fully saturated rings. The molecule has 0 N–H and O–H groups in total. The highest BCUT2D eigenvalue weighted by molar-refractivity contribution is 7.98. The van der Waals surface area contributed by atoms with Crippen LogP contribution in [0.15, 0.2) is 48.5 Å². The van der Waals surface area contributed by atoms with Crippen LogP contribution in [0.2, 0.25) is 0 Å². The molecule has 0 spiro atoms. The maximum atomic E-state index is 12.3. The first-order valence-corrected chi connectivity index (χ1v) is 8.19. The molecule has 2 aromatic carbocycles. The zero-order valence-corrected chi connectivity index (χ0v) is 12.6. The molecule has 0 radical (unpaired) electrons. The summed E-state index contributed by atoms with van der Waals surface area (Å²) in [6, 6.07) is 14.4. The van der Waals surface area contributed by atoms with Crippen molar-refractivity contribution in [3.05, 3.63) is 59.7 Å². The van der Waals surface area contributed by atoms with Gasteiger partial charge in [-0.05, 0) is 35.4 Å². The van der Waals surface area contributed by atoms with E-state index in [2.05, 4.69) is 0 Å². The highest BCUT2D eigenvalue weighted by Gasteiger charge is 2.58. The van der Waals surface area contributed by atoms with Gasteiger partial charge < -0.3 is 9.47 Å². The van der Waals surface area contributed by atoms with Crippen LogP contribution in [0.1, 0.15) is 21.6 Å². The molecule has 2 aromatic rings. The van der Waals surface area contributed by atoms with Gasteiger partial charge in [-0.3, -0.25) is 0 Å². The Balaban J connectivity index is 1.89. The van der Waals surface area contributed by atoms with E-state index in [0.717, 1.165) is 22.6 Å². The van der Waals surface area contributed by atoms with Crippen LogP contribution >= 0.6 is 0 Å². The van der Waals surface area contributed by atoms with Crippen LogP contribution in [0.4, 0.5) is 0 Å². The molecule has 0 saturated carbocycles. The largest absolute Gasteiger partial charge is 0.497 e. The van der Waals surface area contributed by atoms with Gasteiger partial charge in [-0.15, -0.1) is 0 Å². The van der Waals surface area contributed by atoms with Gasteiger partial charge in [0.25, 0.3) is 0 Å². The molecule has 1 saturated heterocycles. The van der Waals surface area contributed by atoms with Crippen molar-refractivity contribution in [1.29, 1.82) is 0 Å². The highest BCUT2D eigenvalue weighted by Crippen LogP contribution is 2.58. The van der Waals surface area contributed by atoms with E-state index in [9.17, 15) is 8.42 Å². The first kappa shape index (κ1) is 13.9. The molecule has 2 unspecified atom stereocenters. The fraction of sp³-hybridized carbons (Fsp3) is 0.250. The molecule has 1 aliphatic heterocycles. The van der Waals surface area contributed by atoms with Crippen molar-refractivity contribution in [2.24, 2.45) is 0 Å². The predicted molar refractivity (Wildman–Crippen MR) is 80.4 cm³/mol. The van der Waals surface area contributed by atoms with Crippen LogP contribution in [0.25, 0.3) is 0 Å². The predicted octanol–water partition coefficient (Wildman–Crippen LogP) is 2.91. The van der Waals surface area contributed by atoms with Crippen molar-refractivity contribution < 1.29 is 17.9 Å². The van der Waals surface area contributed by atoms with E-state index in [1.807, 2.05) is 24.3 Å². The first-order valence-electron chi connectivity index (χ1n) is 6.58. The zero-order chi connectivity index (χ0) is 15.0. The average molecular weight is 304 g/mol. The van der Waals surface area contributed by atoms with Gasteiger partial charge in [-0.25, -0.2) is 8.42 Å². The summed E-state index contributed by atoms with van der Waals surface area (Å²) < 4.78 is 34.7. The van der Waals surface area contributed by atoms with E-state index >= 15 is 0 Å². The lowest BCUT2D eigenvalue weighted by Crippen LogP contribution is -1.87. The number of ether oxygens (including phenoxy) is 2. The Kier molecular flexibility index (Phi) is 3.37. The highest BCUT2D eigenvalue weighted by atomic mass is 32.2. The maximum Gasteiger partial charge on any atom is 0.167 e. The van der Waals surface area contributed by atoms with E-state index in [0.29, 0.717) is 0 Å². The Morgan fingerprint density at radius 1 is 0.714 bits per heavy atom. The summed E-state index contributed by atoms with van der Waals surface area (Å²) in [4.78, 5) is 0. The number of sulfone groups is 1. The lowest BCUT2D eigenvalue weighted by molar-refractivity contribution is 0.414. The van der Waals surface area contributed by atoms with Crippen molar-refractivity contribution in [2.45, 2.75) is 10.5 Å². The molecule has 0 bridgehead atoms. The minimum absolute atomic E-state index is 0.461. The van der Waals surface area contributed by atoms with Gasteiger partial charge in [-0.2, -0.15) is 0 Å². The number of benzene rings is 2. The molecule has 0 aliphatic carbocycles. The summed E-state index contributed by atoms with van der Waals surface area (Å²) in [5.74, 6) is 1.44. The monoisotopic (exact) mass is 304 g/mol. The van der Waals surface area contributed by atoms with Crippen LogP contribution in [-0.4, -0.2) is 22.6 Å². The van der Waals surface area contributed by atoms with Gasteiger partial charge in [0.15, 0.2) is 9.84 Å². The molecular formula is C16H16O4S. The first-order chi connectivity index (χ1) is 10.1. The molecule has 0 aromatic heterocycles. The van der Waals surface area contributed by atoms with Gasteiger partial charge in [-0.1, -0.05) is 24.3 Å². The minimum atomic E-state index is -3.13. The molecule has 5 heteroatoms. The summed E-state index contributed by atoms with van der Waals surface area (Å²) in [6.45, 7) is 0. The summed E-state index contributed by atoms with van der Waals surface area (Å²) >= 11 is 0. The fourth-order valence-electron chi connectivity index (χ4n) is 2.59. The van der Waals surface area contributed by atoms with Crippen molar-refractivity contribution >= 4 is 9.84 Å². The summed E-state index contributed by atoms with van der Waals surface area (Å²) in [5.41, 5.74) is 1.60. The topological polar surface area (TPSA) is 52.6 Å². The fourth-order valence-corrected chi connectivity index (χ4v) is 4.78. The third-order valence-electron chi connectivity index (χ3n) is 3.79. The van der Waals surface area contributed by atoms with E-state index in [1.54, 1.807) is 38.5 Å². The third kappa shape index (κ3) is 2.38. The molecule has 1 aliphatic rings. The number of rotatable bonds is 4. The Morgan fingerprint density at radius 3 is 1.33 bits per heavy atom. The summed E-state index contributed by atoms with van der Waals surface area (Å²) in [5, 5.41) is -0.923. The van der Waals surface area contributed by atoms with Crippen molar-refractivity contribution in [3.8, 4) is 11.5 Å². The van der Waals surface area contributed by atoms with Crippen molar-refractivity contribution in [3.63, 3.8) is 0 Å². The quantitative estimate of drug-likeness (QED) is 0.815. The second-order valence-electron chi connectivity index (χ2n) is 4.98. The van der Waals surface area contributed by atoms with Crippen LogP contribution in [-0.2, 0) is 9.84 Å². The number of methoxy groups -OCH3 is 2. The van der Waals surface area contributed by atoms with E-state index in [4.69, 9.17) is 9.47 Å². The van der Waals surface area contributed by atoms with Crippen LogP contribution in [0.5, 0.6) is 11.5 Å². The average Bonchev–Trinajstić information content (AvgIpc) is 3.10. The van der Waals surface area contributed by atoms with Crippen LogP contribution in [0, 0.1) is 0 Å². The second kappa shape index (κ2) is 5.07. The van der Waals surface area contributed by atoms with Crippen LogP contribution in [0.3, 0.4) is 0 Å². The van der Waals surface area contributed by atoms with Gasteiger partial charge in [0, 0.05) is 0 Å². The third-order valence-corrected chi connectivity index (χ3v) is 5.99. The summed E-state index contributed by atoms with van der Waals surface area (Å²) in [7, 11) is 0.0476. The molecule has 1 heterocycles. The summed E-state index contributed by atoms with van der Waals surface area (Å²) in [6.07, 6.45) is 0. The van der Waals surface area contributed by atoms with Crippen molar-refractivity contribution in [1.82, 2.24) is 0 Å². The Labute approximate surface area is 124 Å². The lowest BCUT2D eigenvalue weighted by Gasteiger charge is -2.02. The Hall–Kier alpha value is -2.01. The van der Waals surface area contributed by atoms with Crippen LogP contribution < -0.4 is 9.47 Å². The molecule has 4 nitrogen and oxygen atoms in total. The van der Waals surface area contributed by atoms with Gasteiger partial charge in [0.2, 0.25) is 0 Å².